The van der Waals surface area contributed by atoms with Crippen LogP contribution in [0.25, 0.3) is 0 Å². The predicted molar refractivity (Wildman–Crippen MR) is 69.1 cm³/mol. The quantitative estimate of drug-likeness (QED) is 0.720. The summed E-state index contributed by atoms with van der Waals surface area (Å²) in [6, 6.07) is 4.68. The molecule has 0 aliphatic carbocycles. The van der Waals surface area contributed by atoms with Crippen LogP contribution < -0.4 is 11.1 Å². The van der Waals surface area contributed by atoms with Crippen molar-refractivity contribution in [2.45, 2.75) is 25.9 Å². The van der Waals surface area contributed by atoms with Gasteiger partial charge in [-0.05, 0) is 31.5 Å². The summed E-state index contributed by atoms with van der Waals surface area (Å²) in [5.74, 6) is -0.277. The first-order valence-corrected chi connectivity index (χ1v) is 5.79. The molecular weight excluding hydrogens is 240 g/mol. The van der Waals surface area contributed by atoms with Crippen LogP contribution in [0.1, 0.15) is 30.6 Å². The van der Waals surface area contributed by atoms with Crippen LogP contribution in [0.5, 0.6) is 0 Å². The van der Waals surface area contributed by atoms with Gasteiger partial charge in [0.2, 0.25) is 0 Å². The number of rotatable bonds is 4. The number of hydrogen-bond donors (Lipinski definition) is 3. The summed E-state index contributed by atoms with van der Waals surface area (Å²) in [4.78, 5) is 11.7. The first-order valence-electron chi connectivity index (χ1n) is 5.41. The molecule has 0 spiro atoms. The maximum atomic E-state index is 11.7. The molecule has 4 nitrogen and oxygen atoms in total. The lowest BCUT2D eigenvalue weighted by Gasteiger charge is -2.21. The molecule has 1 rings (SSSR count). The molecule has 0 radical (unpaired) electrons. The Morgan fingerprint density at radius 1 is 1.59 bits per heavy atom. The SMILES string of the molecule is CCC(C)(O)CNC(=O)c1ccc(N)c(Cl)c1. The maximum absolute atomic E-state index is 11.7. The Hall–Kier alpha value is -1.26. The summed E-state index contributed by atoms with van der Waals surface area (Å²) in [6.45, 7) is 3.72. The molecule has 0 aliphatic heterocycles. The molecule has 0 fully saturated rings. The third-order valence-corrected chi connectivity index (χ3v) is 2.98. The van der Waals surface area contributed by atoms with E-state index in [-0.39, 0.29) is 12.5 Å². The van der Waals surface area contributed by atoms with Gasteiger partial charge >= 0.3 is 0 Å². The first kappa shape index (κ1) is 13.8. The minimum absolute atomic E-state index is 0.199. The summed E-state index contributed by atoms with van der Waals surface area (Å²) in [6.07, 6.45) is 0.565. The molecule has 1 aromatic rings. The van der Waals surface area contributed by atoms with E-state index < -0.39 is 5.60 Å². The molecular formula is C12H17ClN2O2. The van der Waals surface area contributed by atoms with Crippen molar-refractivity contribution >= 4 is 23.2 Å². The zero-order valence-electron chi connectivity index (χ0n) is 9.96. The number of carbonyl (C=O) groups is 1. The molecule has 0 aromatic heterocycles. The largest absolute Gasteiger partial charge is 0.398 e. The van der Waals surface area contributed by atoms with Crippen LogP contribution in [-0.4, -0.2) is 23.2 Å². The normalized spacial score (nSPS) is 14.1. The Morgan fingerprint density at radius 2 is 2.24 bits per heavy atom. The fraction of sp³-hybridized carbons (Fsp3) is 0.417. The van der Waals surface area contributed by atoms with E-state index in [1.54, 1.807) is 19.1 Å². The number of nitrogens with two attached hydrogens (primary N) is 1. The molecule has 0 saturated heterocycles. The number of benzene rings is 1. The van der Waals surface area contributed by atoms with E-state index in [1.165, 1.54) is 6.07 Å². The van der Waals surface area contributed by atoms with Crippen molar-refractivity contribution in [3.63, 3.8) is 0 Å². The van der Waals surface area contributed by atoms with Crippen LogP contribution in [-0.2, 0) is 0 Å². The Labute approximate surface area is 106 Å². The maximum Gasteiger partial charge on any atom is 0.251 e. The second-order valence-electron chi connectivity index (χ2n) is 4.27. The monoisotopic (exact) mass is 256 g/mol. The van der Waals surface area contributed by atoms with Gasteiger partial charge in [0, 0.05) is 12.1 Å². The third kappa shape index (κ3) is 3.91. The summed E-state index contributed by atoms with van der Waals surface area (Å²) < 4.78 is 0. The Bertz CT molecular complexity index is 419. The van der Waals surface area contributed by atoms with Gasteiger partial charge in [-0.25, -0.2) is 0 Å². The Balaban J connectivity index is 2.68. The van der Waals surface area contributed by atoms with E-state index in [1.807, 2.05) is 6.92 Å². The molecule has 94 valence electrons. The number of halogens is 1. The topological polar surface area (TPSA) is 75.3 Å². The third-order valence-electron chi connectivity index (χ3n) is 2.65. The number of hydrogen-bond acceptors (Lipinski definition) is 3. The number of carbonyl (C=O) groups excluding carboxylic acids is 1. The van der Waals surface area contributed by atoms with E-state index in [0.717, 1.165) is 0 Å². The average Bonchev–Trinajstić information content (AvgIpc) is 2.30. The van der Waals surface area contributed by atoms with Crippen molar-refractivity contribution in [3.05, 3.63) is 28.8 Å². The fourth-order valence-corrected chi connectivity index (χ4v) is 1.35. The van der Waals surface area contributed by atoms with E-state index in [0.29, 0.717) is 22.7 Å². The summed E-state index contributed by atoms with van der Waals surface area (Å²) in [5.41, 5.74) is 5.52. The summed E-state index contributed by atoms with van der Waals surface area (Å²) in [7, 11) is 0. The smallest absolute Gasteiger partial charge is 0.251 e. The summed E-state index contributed by atoms with van der Waals surface area (Å²) >= 11 is 5.82. The second-order valence-corrected chi connectivity index (χ2v) is 4.68. The number of amides is 1. The van der Waals surface area contributed by atoms with Crippen LogP contribution in [0.2, 0.25) is 5.02 Å². The Kier molecular flexibility index (Phi) is 4.37. The Morgan fingerprint density at radius 3 is 2.76 bits per heavy atom. The number of aliphatic hydroxyl groups is 1. The van der Waals surface area contributed by atoms with Crippen LogP contribution in [0.4, 0.5) is 5.69 Å². The highest BCUT2D eigenvalue weighted by Gasteiger charge is 2.18. The molecule has 0 aliphatic rings. The van der Waals surface area contributed by atoms with Crippen molar-refractivity contribution in [1.82, 2.24) is 5.32 Å². The van der Waals surface area contributed by atoms with Gasteiger partial charge < -0.3 is 16.2 Å². The van der Waals surface area contributed by atoms with Gasteiger partial charge in [-0.1, -0.05) is 18.5 Å². The van der Waals surface area contributed by atoms with Crippen LogP contribution in [0, 0.1) is 0 Å². The minimum Gasteiger partial charge on any atom is -0.398 e. The number of anilines is 1. The zero-order chi connectivity index (χ0) is 13.1. The molecule has 17 heavy (non-hydrogen) atoms. The molecule has 1 aromatic carbocycles. The van der Waals surface area contributed by atoms with Gasteiger partial charge in [0.15, 0.2) is 0 Å². The van der Waals surface area contributed by atoms with Crippen LogP contribution in [0.15, 0.2) is 18.2 Å². The lowest BCUT2D eigenvalue weighted by molar-refractivity contribution is 0.0518. The minimum atomic E-state index is -0.896. The van der Waals surface area contributed by atoms with Gasteiger partial charge in [-0.15, -0.1) is 0 Å². The molecule has 1 atom stereocenters. The molecule has 0 saturated carbocycles. The number of nitrogen functional groups attached to an aromatic ring is 1. The lowest BCUT2D eigenvalue weighted by Crippen LogP contribution is -2.40. The number of nitrogens with one attached hydrogen (secondary N) is 1. The van der Waals surface area contributed by atoms with Crippen molar-refractivity contribution < 1.29 is 9.90 Å². The van der Waals surface area contributed by atoms with E-state index in [9.17, 15) is 9.90 Å². The molecule has 4 N–H and O–H groups in total. The van der Waals surface area contributed by atoms with Crippen molar-refractivity contribution in [3.8, 4) is 0 Å². The highest BCUT2D eigenvalue weighted by Crippen LogP contribution is 2.19. The van der Waals surface area contributed by atoms with Gasteiger partial charge in [-0.3, -0.25) is 4.79 Å². The van der Waals surface area contributed by atoms with Gasteiger partial charge in [0.25, 0.3) is 5.91 Å². The summed E-state index contributed by atoms with van der Waals surface area (Å²) in [5, 5.41) is 12.8. The molecule has 1 unspecified atom stereocenters. The van der Waals surface area contributed by atoms with E-state index >= 15 is 0 Å². The first-order chi connectivity index (χ1) is 7.85. The predicted octanol–water partition coefficient (Wildman–Crippen LogP) is 1.81. The van der Waals surface area contributed by atoms with Crippen molar-refractivity contribution in [2.24, 2.45) is 0 Å². The van der Waals surface area contributed by atoms with Gasteiger partial charge in [0.05, 0.1) is 16.3 Å². The van der Waals surface area contributed by atoms with E-state index in [2.05, 4.69) is 5.32 Å². The van der Waals surface area contributed by atoms with Gasteiger partial charge in [-0.2, -0.15) is 0 Å². The second kappa shape index (κ2) is 5.38. The zero-order valence-corrected chi connectivity index (χ0v) is 10.7. The molecule has 0 heterocycles. The standard InChI is InChI=1S/C12H17ClN2O2/c1-3-12(2,17)7-15-11(16)8-4-5-10(14)9(13)6-8/h4-6,17H,3,7,14H2,1-2H3,(H,15,16). The van der Waals surface area contributed by atoms with E-state index in [4.69, 9.17) is 17.3 Å². The lowest BCUT2D eigenvalue weighted by atomic mass is 10.0. The highest BCUT2D eigenvalue weighted by molar-refractivity contribution is 6.33. The van der Waals surface area contributed by atoms with Crippen LogP contribution in [0.3, 0.4) is 0 Å². The average molecular weight is 257 g/mol. The molecule has 1 amide bonds. The highest BCUT2D eigenvalue weighted by atomic mass is 35.5. The fourth-order valence-electron chi connectivity index (χ4n) is 1.17. The van der Waals surface area contributed by atoms with Crippen molar-refractivity contribution in [2.75, 3.05) is 12.3 Å². The van der Waals surface area contributed by atoms with Crippen molar-refractivity contribution in [1.29, 1.82) is 0 Å². The van der Waals surface area contributed by atoms with Gasteiger partial charge in [0.1, 0.15) is 0 Å². The molecule has 5 heteroatoms. The van der Waals surface area contributed by atoms with Crippen LogP contribution >= 0.6 is 11.6 Å². The molecule has 0 bridgehead atoms.